The minimum atomic E-state index is 0.252. The third kappa shape index (κ3) is 3.67. The van der Waals surface area contributed by atoms with Crippen molar-refractivity contribution in [2.75, 3.05) is 14.2 Å². The van der Waals surface area contributed by atoms with E-state index in [2.05, 4.69) is 0 Å². The normalized spacial score (nSPS) is 10.0. The smallest absolute Gasteiger partial charge is 0.162 e. The molecule has 0 atom stereocenters. The van der Waals surface area contributed by atoms with E-state index < -0.39 is 0 Å². The van der Waals surface area contributed by atoms with Gasteiger partial charge in [-0.2, -0.15) is 0 Å². The highest BCUT2D eigenvalue weighted by Gasteiger charge is 2.09. The fourth-order valence-electron chi connectivity index (χ4n) is 1.89. The van der Waals surface area contributed by atoms with Crippen LogP contribution in [-0.2, 0) is 6.61 Å². The molecule has 0 amide bonds. The van der Waals surface area contributed by atoms with Gasteiger partial charge in [-0.1, -0.05) is 11.6 Å². The monoisotopic (exact) mass is 306 g/mol. The van der Waals surface area contributed by atoms with Crippen molar-refractivity contribution in [3.8, 4) is 17.2 Å². The SMILES string of the molecule is COc1ccc(Cl)cc1COc1cc(C=O)ccc1OC. The van der Waals surface area contributed by atoms with Crippen LogP contribution in [0.15, 0.2) is 36.4 Å². The van der Waals surface area contributed by atoms with Gasteiger partial charge in [-0.25, -0.2) is 0 Å². The van der Waals surface area contributed by atoms with E-state index in [1.807, 2.05) is 0 Å². The Balaban J connectivity index is 2.23. The Kier molecular flexibility index (Phi) is 5.06. The zero-order valence-corrected chi connectivity index (χ0v) is 12.5. The highest BCUT2D eigenvalue weighted by molar-refractivity contribution is 6.30. The molecule has 0 saturated heterocycles. The van der Waals surface area contributed by atoms with Gasteiger partial charge in [0.1, 0.15) is 18.6 Å². The molecule has 21 heavy (non-hydrogen) atoms. The van der Waals surface area contributed by atoms with Crippen molar-refractivity contribution >= 4 is 17.9 Å². The number of halogens is 1. The molecule has 0 bridgehead atoms. The van der Waals surface area contributed by atoms with Gasteiger partial charge in [-0.05, 0) is 36.4 Å². The van der Waals surface area contributed by atoms with Crippen molar-refractivity contribution in [3.63, 3.8) is 0 Å². The zero-order valence-electron chi connectivity index (χ0n) is 11.8. The quantitative estimate of drug-likeness (QED) is 0.762. The second-order valence-corrected chi connectivity index (χ2v) is 4.71. The third-order valence-corrected chi connectivity index (χ3v) is 3.18. The summed E-state index contributed by atoms with van der Waals surface area (Å²) >= 11 is 5.98. The standard InChI is InChI=1S/C16H15ClO4/c1-19-14-6-4-13(17)8-12(14)10-21-16-7-11(9-18)3-5-15(16)20-2/h3-9H,10H2,1-2H3. The third-order valence-electron chi connectivity index (χ3n) is 2.95. The van der Waals surface area contributed by atoms with Gasteiger partial charge in [0.2, 0.25) is 0 Å². The van der Waals surface area contributed by atoms with Crippen molar-refractivity contribution in [1.82, 2.24) is 0 Å². The summed E-state index contributed by atoms with van der Waals surface area (Å²) in [7, 11) is 3.13. The van der Waals surface area contributed by atoms with E-state index in [-0.39, 0.29) is 6.61 Å². The van der Waals surface area contributed by atoms with Crippen LogP contribution in [0.25, 0.3) is 0 Å². The van der Waals surface area contributed by atoms with Crippen LogP contribution in [0.3, 0.4) is 0 Å². The first-order chi connectivity index (χ1) is 10.2. The zero-order chi connectivity index (χ0) is 15.2. The van der Waals surface area contributed by atoms with Crippen LogP contribution in [0, 0.1) is 0 Å². The number of rotatable bonds is 6. The molecule has 2 aromatic carbocycles. The molecule has 0 aliphatic rings. The number of ether oxygens (including phenoxy) is 3. The lowest BCUT2D eigenvalue weighted by Gasteiger charge is -2.13. The first-order valence-electron chi connectivity index (χ1n) is 6.26. The number of carbonyl (C=O) groups is 1. The summed E-state index contributed by atoms with van der Waals surface area (Å²) in [6.45, 7) is 0.252. The fraction of sp³-hybridized carbons (Fsp3) is 0.188. The van der Waals surface area contributed by atoms with E-state index in [1.54, 1.807) is 50.6 Å². The lowest BCUT2D eigenvalue weighted by molar-refractivity contribution is 0.112. The summed E-state index contributed by atoms with van der Waals surface area (Å²) in [5.41, 5.74) is 1.33. The highest BCUT2D eigenvalue weighted by Crippen LogP contribution is 2.30. The number of aldehydes is 1. The molecule has 0 aromatic heterocycles. The molecule has 0 aliphatic heterocycles. The number of benzene rings is 2. The molecular weight excluding hydrogens is 292 g/mol. The van der Waals surface area contributed by atoms with Crippen LogP contribution < -0.4 is 14.2 Å². The maximum atomic E-state index is 10.8. The van der Waals surface area contributed by atoms with Gasteiger partial charge in [0.25, 0.3) is 0 Å². The number of carbonyl (C=O) groups excluding carboxylic acids is 1. The van der Waals surface area contributed by atoms with Gasteiger partial charge in [0, 0.05) is 16.1 Å². The molecule has 0 spiro atoms. The summed E-state index contributed by atoms with van der Waals surface area (Å²) in [4.78, 5) is 10.8. The molecule has 2 aromatic rings. The number of hydrogen-bond donors (Lipinski definition) is 0. The number of hydrogen-bond acceptors (Lipinski definition) is 4. The van der Waals surface area contributed by atoms with Crippen molar-refractivity contribution in [3.05, 3.63) is 52.5 Å². The van der Waals surface area contributed by atoms with E-state index in [4.69, 9.17) is 25.8 Å². The van der Waals surface area contributed by atoms with Crippen molar-refractivity contribution in [2.45, 2.75) is 6.61 Å². The first kappa shape index (κ1) is 15.2. The Morgan fingerprint density at radius 2 is 1.71 bits per heavy atom. The first-order valence-corrected chi connectivity index (χ1v) is 6.64. The van der Waals surface area contributed by atoms with Crippen molar-refractivity contribution in [2.24, 2.45) is 0 Å². The molecule has 5 heteroatoms. The van der Waals surface area contributed by atoms with Crippen LogP contribution in [-0.4, -0.2) is 20.5 Å². The van der Waals surface area contributed by atoms with Crippen LogP contribution >= 0.6 is 11.6 Å². The van der Waals surface area contributed by atoms with Gasteiger partial charge in [0.05, 0.1) is 14.2 Å². The topological polar surface area (TPSA) is 44.8 Å². The molecule has 0 radical (unpaired) electrons. The predicted octanol–water partition coefficient (Wildman–Crippen LogP) is 3.75. The average Bonchev–Trinajstić information content (AvgIpc) is 2.52. The lowest BCUT2D eigenvalue weighted by Crippen LogP contribution is -2.01. The molecule has 110 valence electrons. The Morgan fingerprint density at radius 1 is 1.00 bits per heavy atom. The summed E-state index contributed by atoms with van der Waals surface area (Å²) in [6.07, 6.45) is 0.756. The molecule has 0 saturated carbocycles. The van der Waals surface area contributed by atoms with Gasteiger partial charge >= 0.3 is 0 Å². The van der Waals surface area contributed by atoms with Crippen molar-refractivity contribution in [1.29, 1.82) is 0 Å². The minimum absolute atomic E-state index is 0.252. The van der Waals surface area contributed by atoms with Crippen molar-refractivity contribution < 1.29 is 19.0 Å². The van der Waals surface area contributed by atoms with Crippen LogP contribution in [0.4, 0.5) is 0 Å². The van der Waals surface area contributed by atoms with E-state index >= 15 is 0 Å². The maximum Gasteiger partial charge on any atom is 0.162 e. The lowest BCUT2D eigenvalue weighted by atomic mass is 10.2. The Labute approximate surface area is 128 Å². The molecule has 0 heterocycles. The van der Waals surface area contributed by atoms with Crippen LogP contribution in [0.2, 0.25) is 5.02 Å². The van der Waals surface area contributed by atoms with E-state index in [9.17, 15) is 4.79 Å². The van der Waals surface area contributed by atoms with Gasteiger partial charge < -0.3 is 14.2 Å². The predicted molar refractivity (Wildman–Crippen MR) is 80.7 cm³/mol. The molecule has 4 nitrogen and oxygen atoms in total. The maximum absolute atomic E-state index is 10.8. The molecule has 0 unspecified atom stereocenters. The van der Waals surface area contributed by atoms with Gasteiger partial charge in [-0.15, -0.1) is 0 Å². The fourth-order valence-corrected chi connectivity index (χ4v) is 2.09. The average molecular weight is 307 g/mol. The number of methoxy groups -OCH3 is 2. The Hall–Kier alpha value is -2.20. The second kappa shape index (κ2) is 6.99. The molecular formula is C16H15ClO4. The second-order valence-electron chi connectivity index (χ2n) is 4.27. The largest absolute Gasteiger partial charge is 0.496 e. The van der Waals surface area contributed by atoms with E-state index in [0.29, 0.717) is 27.8 Å². The van der Waals surface area contributed by atoms with Gasteiger partial charge in [0.15, 0.2) is 11.5 Å². The molecule has 0 fully saturated rings. The minimum Gasteiger partial charge on any atom is -0.496 e. The summed E-state index contributed by atoms with van der Waals surface area (Å²) < 4.78 is 16.2. The van der Waals surface area contributed by atoms with Gasteiger partial charge in [-0.3, -0.25) is 4.79 Å². The summed E-state index contributed by atoms with van der Waals surface area (Å²) in [5, 5.41) is 0.600. The Morgan fingerprint density at radius 3 is 2.38 bits per heavy atom. The van der Waals surface area contributed by atoms with Crippen LogP contribution in [0.1, 0.15) is 15.9 Å². The van der Waals surface area contributed by atoms with E-state index in [0.717, 1.165) is 11.8 Å². The Bertz CT molecular complexity index is 640. The van der Waals surface area contributed by atoms with E-state index in [1.165, 1.54) is 0 Å². The molecule has 0 aliphatic carbocycles. The summed E-state index contributed by atoms with van der Waals surface area (Å²) in [5.74, 6) is 1.73. The molecule has 0 N–H and O–H groups in total. The molecule has 2 rings (SSSR count). The summed E-state index contributed by atoms with van der Waals surface area (Å²) in [6, 6.07) is 10.3. The highest BCUT2D eigenvalue weighted by atomic mass is 35.5. The van der Waals surface area contributed by atoms with Crippen LogP contribution in [0.5, 0.6) is 17.2 Å².